The second-order valence-corrected chi connectivity index (χ2v) is 7.07. The number of piperidine rings is 1. The van der Waals surface area contributed by atoms with Gasteiger partial charge in [-0.05, 0) is 31.9 Å². The zero-order valence-electron chi connectivity index (χ0n) is 16.1. The van der Waals surface area contributed by atoms with Crippen molar-refractivity contribution in [1.29, 1.82) is 0 Å². The van der Waals surface area contributed by atoms with Crippen LogP contribution in [0, 0.1) is 0 Å². The van der Waals surface area contributed by atoms with Crippen LogP contribution in [-0.2, 0) is 0 Å². The van der Waals surface area contributed by atoms with Crippen molar-refractivity contribution in [2.45, 2.75) is 31.8 Å². The number of anilines is 2. The Balaban J connectivity index is 1.58. The summed E-state index contributed by atoms with van der Waals surface area (Å²) in [5.41, 5.74) is 6.54. The first-order valence-corrected chi connectivity index (χ1v) is 9.23. The monoisotopic (exact) mass is 369 g/mol. The van der Waals surface area contributed by atoms with Gasteiger partial charge in [0.15, 0.2) is 5.82 Å². The minimum absolute atomic E-state index is 0.0111. The van der Waals surface area contributed by atoms with Gasteiger partial charge in [0.25, 0.3) is 5.91 Å². The molecule has 8 heteroatoms. The Kier molecular flexibility index (Phi) is 5.85. The van der Waals surface area contributed by atoms with Crippen LogP contribution >= 0.6 is 0 Å². The summed E-state index contributed by atoms with van der Waals surface area (Å²) in [6.07, 6.45) is 1.79. The summed E-state index contributed by atoms with van der Waals surface area (Å²) in [6, 6.07) is 9.55. The summed E-state index contributed by atoms with van der Waals surface area (Å²) in [4.78, 5) is 29.4. The van der Waals surface area contributed by atoms with Crippen molar-refractivity contribution in [2.24, 2.45) is 0 Å². The van der Waals surface area contributed by atoms with Crippen LogP contribution in [0.25, 0.3) is 0 Å². The van der Waals surface area contributed by atoms with Gasteiger partial charge in [-0.25, -0.2) is 0 Å². The highest BCUT2D eigenvalue weighted by molar-refractivity contribution is 5.94. The Labute approximate surface area is 159 Å². The summed E-state index contributed by atoms with van der Waals surface area (Å²) in [6.45, 7) is 3.81. The first-order valence-electron chi connectivity index (χ1n) is 9.23. The van der Waals surface area contributed by atoms with Crippen molar-refractivity contribution >= 4 is 17.8 Å². The third-order valence-corrected chi connectivity index (χ3v) is 4.88. The van der Waals surface area contributed by atoms with Crippen molar-refractivity contribution in [3.63, 3.8) is 0 Å². The van der Waals surface area contributed by atoms with Gasteiger partial charge in [-0.15, -0.1) is 0 Å². The zero-order valence-corrected chi connectivity index (χ0v) is 16.1. The van der Waals surface area contributed by atoms with E-state index in [1.807, 2.05) is 49.3 Å². The minimum Gasteiger partial charge on any atom is -0.368 e. The molecular weight excluding hydrogens is 342 g/mol. The predicted octanol–water partition coefficient (Wildman–Crippen LogP) is 1.48. The number of nitrogens with one attached hydrogen (secondary N) is 1. The fourth-order valence-electron chi connectivity index (χ4n) is 3.24. The largest absolute Gasteiger partial charge is 0.368 e. The van der Waals surface area contributed by atoms with E-state index in [0.717, 1.165) is 25.9 Å². The molecular formula is C19H27N7O. The molecule has 8 nitrogen and oxygen atoms in total. The van der Waals surface area contributed by atoms with Crippen LogP contribution in [0.2, 0.25) is 0 Å². The molecule has 3 N–H and O–H groups in total. The molecule has 1 saturated heterocycles. The second-order valence-electron chi connectivity index (χ2n) is 7.07. The van der Waals surface area contributed by atoms with Crippen LogP contribution in [0.4, 0.5) is 11.9 Å². The van der Waals surface area contributed by atoms with Gasteiger partial charge in [0.05, 0.1) is 6.04 Å². The first kappa shape index (κ1) is 19.0. The van der Waals surface area contributed by atoms with E-state index in [0.29, 0.717) is 17.3 Å². The Hall–Kier alpha value is -2.74. The number of aromatic nitrogens is 3. The normalized spacial score (nSPS) is 16.7. The average Bonchev–Trinajstić information content (AvgIpc) is 2.68. The number of carbonyl (C=O) groups is 1. The zero-order chi connectivity index (χ0) is 19.4. The van der Waals surface area contributed by atoms with Gasteiger partial charge in [0, 0.05) is 38.8 Å². The number of amides is 1. The number of nitrogens with zero attached hydrogens (tertiary/aromatic N) is 5. The fraction of sp³-hybridized carbons (Fsp3) is 0.474. The molecule has 1 fully saturated rings. The molecule has 0 radical (unpaired) electrons. The molecule has 27 heavy (non-hydrogen) atoms. The molecule has 1 unspecified atom stereocenters. The predicted molar refractivity (Wildman–Crippen MR) is 105 cm³/mol. The lowest BCUT2D eigenvalue weighted by atomic mass is 10.0. The summed E-state index contributed by atoms with van der Waals surface area (Å²) < 4.78 is 0. The Morgan fingerprint density at radius 3 is 2.48 bits per heavy atom. The molecule has 0 spiro atoms. The van der Waals surface area contributed by atoms with Crippen molar-refractivity contribution in [1.82, 2.24) is 25.2 Å². The highest BCUT2D eigenvalue weighted by atomic mass is 16.1. The molecule has 1 aliphatic heterocycles. The number of hydrogen-bond donors (Lipinski definition) is 2. The van der Waals surface area contributed by atoms with E-state index in [1.165, 1.54) is 0 Å². The van der Waals surface area contributed by atoms with Gasteiger partial charge < -0.3 is 16.0 Å². The Morgan fingerprint density at radius 2 is 1.85 bits per heavy atom. The van der Waals surface area contributed by atoms with E-state index in [-0.39, 0.29) is 23.9 Å². The Morgan fingerprint density at radius 1 is 1.19 bits per heavy atom. The van der Waals surface area contributed by atoms with Gasteiger partial charge >= 0.3 is 0 Å². The molecule has 1 atom stereocenters. The summed E-state index contributed by atoms with van der Waals surface area (Å²) in [5, 5.41) is 3.13. The van der Waals surface area contributed by atoms with Crippen molar-refractivity contribution in [3.8, 4) is 0 Å². The number of rotatable bonds is 5. The lowest BCUT2D eigenvalue weighted by molar-refractivity contribution is 0.0893. The molecule has 2 heterocycles. The van der Waals surface area contributed by atoms with Crippen molar-refractivity contribution in [3.05, 3.63) is 41.7 Å². The minimum atomic E-state index is -0.0111. The topological polar surface area (TPSA) is 100 Å². The van der Waals surface area contributed by atoms with E-state index >= 15 is 0 Å². The summed E-state index contributed by atoms with van der Waals surface area (Å²) in [7, 11) is 3.76. The molecule has 0 bridgehead atoms. The summed E-state index contributed by atoms with van der Waals surface area (Å²) >= 11 is 0. The highest BCUT2D eigenvalue weighted by Gasteiger charge is 2.26. The molecule has 1 aliphatic rings. The van der Waals surface area contributed by atoms with Crippen LogP contribution in [0.3, 0.4) is 0 Å². The number of nitrogens with two attached hydrogens (primary N) is 1. The van der Waals surface area contributed by atoms with Crippen molar-refractivity contribution in [2.75, 3.05) is 37.8 Å². The van der Waals surface area contributed by atoms with Gasteiger partial charge in [-0.3, -0.25) is 9.69 Å². The average molecular weight is 369 g/mol. The maximum atomic E-state index is 12.3. The number of benzene rings is 1. The third-order valence-electron chi connectivity index (χ3n) is 4.88. The van der Waals surface area contributed by atoms with Crippen LogP contribution < -0.4 is 16.0 Å². The van der Waals surface area contributed by atoms with Gasteiger partial charge in [0.2, 0.25) is 11.9 Å². The smallest absolute Gasteiger partial charge is 0.251 e. The van der Waals surface area contributed by atoms with Gasteiger partial charge in [-0.2, -0.15) is 15.0 Å². The van der Waals surface area contributed by atoms with E-state index in [4.69, 9.17) is 5.73 Å². The number of likely N-dealkylation sites (tertiary alicyclic amines) is 1. The van der Waals surface area contributed by atoms with Crippen molar-refractivity contribution < 1.29 is 4.79 Å². The lowest BCUT2D eigenvalue weighted by Crippen LogP contribution is -2.45. The van der Waals surface area contributed by atoms with Crippen LogP contribution in [0.1, 0.15) is 42.0 Å². The Bertz CT molecular complexity index is 773. The van der Waals surface area contributed by atoms with Gasteiger partial charge in [-0.1, -0.05) is 18.2 Å². The SMILES string of the molecule is CC(c1nc(N)nc(N(C)C)n1)N1CCC(NC(=O)c2ccccc2)CC1. The first-order chi connectivity index (χ1) is 12.9. The van der Waals surface area contributed by atoms with Gasteiger partial charge in [0.1, 0.15) is 0 Å². The third kappa shape index (κ3) is 4.71. The molecule has 1 aromatic carbocycles. The molecule has 2 aromatic rings. The molecule has 0 saturated carbocycles. The number of nitrogen functional groups attached to an aromatic ring is 1. The maximum absolute atomic E-state index is 12.3. The van der Waals surface area contributed by atoms with Crippen LogP contribution in [0.5, 0.6) is 0 Å². The lowest BCUT2D eigenvalue weighted by Gasteiger charge is -2.35. The van der Waals surface area contributed by atoms with Crippen LogP contribution in [0.15, 0.2) is 30.3 Å². The van der Waals surface area contributed by atoms with E-state index < -0.39 is 0 Å². The molecule has 3 rings (SSSR count). The molecule has 1 aromatic heterocycles. The highest BCUT2D eigenvalue weighted by Crippen LogP contribution is 2.23. The quantitative estimate of drug-likeness (QED) is 0.823. The molecule has 0 aliphatic carbocycles. The van der Waals surface area contributed by atoms with Crippen LogP contribution in [-0.4, -0.2) is 59.0 Å². The maximum Gasteiger partial charge on any atom is 0.251 e. The van der Waals surface area contributed by atoms with E-state index in [9.17, 15) is 4.79 Å². The van der Waals surface area contributed by atoms with E-state index in [1.54, 1.807) is 0 Å². The number of carbonyl (C=O) groups excluding carboxylic acids is 1. The summed E-state index contributed by atoms with van der Waals surface area (Å²) in [5.74, 6) is 1.47. The second kappa shape index (κ2) is 8.30. The van der Waals surface area contributed by atoms with E-state index in [2.05, 4.69) is 32.1 Å². The molecule has 1 amide bonds. The standard InChI is InChI=1S/C19H27N7O/c1-13(16-22-18(20)24-19(23-16)25(2)3)26-11-9-15(10-12-26)21-17(27)14-7-5-4-6-8-14/h4-8,13,15H,9-12H2,1-3H3,(H,21,27)(H2,20,22,23,24). The number of hydrogen-bond acceptors (Lipinski definition) is 7. The fourth-order valence-corrected chi connectivity index (χ4v) is 3.24. The molecule has 144 valence electrons.